The van der Waals surface area contributed by atoms with Crippen molar-refractivity contribution in [3.8, 4) is 0 Å². The molecule has 3 rings (SSSR count). The minimum atomic E-state index is -0.566. The molecule has 158 valence electrons. The number of rotatable bonds is 7. The van der Waals surface area contributed by atoms with Crippen LogP contribution in [0.25, 0.3) is 10.9 Å². The van der Waals surface area contributed by atoms with Gasteiger partial charge in [-0.3, -0.25) is 0 Å². The summed E-state index contributed by atoms with van der Waals surface area (Å²) in [5.74, 6) is -0.566. The fourth-order valence-corrected chi connectivity index (χ4v) is 3.75. The second-order valence-electron chi connectivity index (χ2n) is 6.45. The van der Waals surface area contributed by atoms with Gasteiger partial charge in [-0.2, -0.15) is 0 Å². The number of benzene rings is 2. The van der Waals surface area contributed by atoms with Crippen LogP contribution in [0.1, 0.15) is 23.0 Å². The van der Waals surface area contributed by atoms with Gasteiger partial charge in [0.2, 0.25) is 0 Å². The number of H-pyrrole nitrogens is 1. The number of carbonyl (C=O) groups excluding carboxylic acids is 2. The van der Waals surface area contributed by atoms with Crippen molar-refractivity contribution < 1.29 is 19.4 Å². The van der Waals surface area contributed by atoms with Gasteiger partial charge in [0.05, 0.1) is 24.8 Å². The molecule has 2 amide bonds. The summed E-state index contributed by atoms with van der Waals surface area (Å²) in [4.78, 5) is 29.8. The van der Waals surface area contributed by atoms with Crippen molar-refractivity contribution in [2.24, 2.45) is 0 Å². The van der Waals surface area contributed by atoms with E-state index >= 15 is 0 Å². The van der Waals surface area contributed by atoms with E-state index in [0.717, 1.165) is 0 Å². The summed E-state index contributed by atoms with van der Waals surface area (Å²) in [7, 11) is 0. The molecule has 0 saturated carbocycles. The van der Waals surface area contributed by atoms with E-state index in [1.807, 2.05) is 6.07 Å². The van der Waals surface area contributed by atoms with Crippen LogP contribution >= 0.6 is 23.2 Å². The van der Waals surface area contributed by atoms with Crippen molar-refractivity contribution >= 4 is 51.8 Å². The van der Waals surface area contributed by atoms with Gasteiger partial charge in [-0.15, -0.1) is 0 Å². The number of halogens is 2. The fourth-order valence-electron chi connectivity index (χ4n) is 3.14. The molecule has 0 atom stereocenters. The quantitative estimate of drug-likeness (QED) is 0.456. The first-order chi connectivity index (χ1) is 14.4. The Morgan fingerprint density at radius 3 is 2.60 bits per heavy atom. The molecule has 3 aromatic rings. The van der Waals surface area contributed by atoms with Crippen molar-refractivity contribution in [2.75, 3.05) is 25.1 Å². The summed E-state index contributed by atoms with van der Waals surface area (Å²) >= 11 is 12.5. The summed E-state index contributed by atoms with van der Waals surface area (Å²) in [6.07, 6.45) is 0. The Bertz CT molecular complexity index is 1050. The van der Waals surface area contributed by atoms with E-state index in [2.05, 4.69) is 10.3 Å². The van der Waals surface area contributed by atoms with Gasteiger partial charge in [0, 0.05) is 33.7 Å². The normalized spacial score (nSPS) is 10.8. The van der Waals surface area contributed by atoms with E-state index in [1.165, 1.54) is 4.90 Å². The molecule has 0 unspecified atom stereocenters. The maximum Gasteiger partial charge on any atom is 0.355 e. The first kappa shape index (κ1) is 22.0. The van der Waals surface area contributed by atoms with Crippen molar-refractivity contribution in [2.45, 2.75) is 13.5 Å². The average molecular weight is 450 g/mol. The maximum atomic E-state index is 12.8. The minimum absolute atomic E-state index is 0.0225. The molecule has 9 heteroatoms. The molecule has 0 radical (unpaired) electrons. The number of para-hydroxylation sites is 1. The Balaban J connectivity index is 2.00. The highest BCUT2D eigenvalue weighted by Crippen LogP contribution is 2.33. The molecule has 0 bridgehead atoms. The van der Waals surface area contributed by atoms with Crippen molar-refractivity contribution in [1.82, 2.24) is 9.88 Å². The molecular formula is C21H21Cl2N3O4. The second-order valence-corrected chi connectivity index (χ2v) is 7.29. The van der Waals surface area contributed by atoms with Crippen LogP contribution in [0.4, 0.5) is 10.5 Å². The van der Waals surface area contributed by atoms with E-state index in [4.69, 9.17) is 27.9 Å². The van der Waals surface area contributed by atoms with Gasteiger partial charge in [0.25, 0.3) is 0 Å². The Morgan fingerprint density at radius 1 is 1.20 bits per heavy atom. The number of aliphatic hydroxyl groups is 1. The molecule has 0 fully saturated rings. The summed E-state index contributed by atoms with van der Waals surface area (Å²) < 4.78 is 5.15. The Kier molecular flexibility index (Phi) is 7.20. The SMILES string of the molecule is CCOC(=O)c1[nH]c2cc(Cl)cc(Cl)c2c1CN(CCO)C(=O)Nc1ccccc1. The topological polar surface area (TPSA) is 94.7 Å². The largest absolute Gasteiger partial charge is 0.461 e. The molecule has 0 spiro atoms. The number of aromatic amines is 1. The molecule has 0 saturated heterocycles. The lowest BCUT2D eigenvalue weighted by Crippen LogP contribution is -2.37. The van der Waals surface area contributed by atoms with E-state index in [9.17, 15) is 14.7 Å². The smallest absolute Gasteiger partial charge is 0.355 e. The number of aromatic nitrogens is 1. The number of nitrogens with zero attached hydrogens (tertiary/aromatic N) is 1. The summed E-state index contributed by atoms with van der Waals surface area (Å²) in [6.45, 7) is 1.72. The van der Waals surface area contributed by atoms with Gasteiger partial charge in [-0.05, 0) is 31.2 Å². The highest BCUT2D eigenvalue weighted by Gasteiger charge is 2.25. The zero-order valence-electron chi connectivity index (χ0n) is 16.2. The number of aliphatic hydroxyl groups excluding tert-OH is 1. The van der Waals surface area contributed by atoms with Crippen LogP contribution in [0.2, 0.25) is 10.0 Å². The van der Waals surface area contributed by atoms with Crippen molar-refractivity contribution in [3.63, 3.8) is 0 Å². The third kappa shape index (κ3) is 4.87. The van der Waals surface area contributed by atoms with Gasteiger partial charge < -0.3 is 25.0 Å². The molecule has 30 heavy (non-hydrogen) atoms. The number of amides is 2. The van der Waals surface area contributed by atoms with Gasteiger partial charge in [-0.25, -0.2) is 9.59 Å². The van der Waals surface area contributed by atoms with Crippen LogP contribution in [0.3, 0.4) is 0 Å². The lowest BCUT2D eigenvalue weighted by molar-refractivity contribution is 0.0518. The third-order valence-corrected chi connectivity index (χ3v) is 4.95. The van der Waals surface area contributed by atoms with Crippen LogP contribution in [0.5, 0.6) is 0 Å². The number of hydrogen-bond acceptors (Lipinski definition) is 4. The number of carbonyl (C=O) groups is 2. The van der Waals surface area contributed by atoms with Gasteiger partial charge in [-0.1, -0.05) is 41.4 Å². The van der Waals surface area contributed by atoms with Crippen LogP contribution in [0.15, 0.2) is 42.5 Å². The molecular weight excluding hydrogens is 429 g/mol. The Morgan fingerprint density at radius 2 is 1.93 bits per heavy atom. The zero-order chi connectivity index (χ0) is 21.7. The lowest BCUT2D eigenvalue weighted by atomic mass is 10.1. The van der Waals surface area contributed by atoms with E-state index in [-0.39, 0.29) is 32.0 Å². The highest BCUT2D eigenvalue weighted by atomic mass is 35.5. The van der Waals surface area contributed by atoms with Crippen LogP contribution in [0, 0.1) is 0 Å². The summed E-state index contributed by atoms with van der Waals surface area (Å²) in [6, 6.07) is 11.7. The number of ether oxygens (including phenoxy) is 1. The molecule has 0 aliphatic carbocycles. The summed E-state index contributed by atoms with van der Waals surface area (Å²) in [5, 5.41) is 13.6. The fraction of sp³-hybridized carbons (Fsp3) is 0.238. The number of anilines is 1. The second kappa shape index (κ2) is 9.84. The number of hydrogen-bond donors (Lipinski definition) is 3. The predicted molar refractivity (Wildman–Crippen MR) is 117 cm³/mol. The third-order valence-electron chi connectivity index (χ3n) is 4.43. The van der Waals surface area contributed by atoms with E-state index < -0.39 is 12.0 Å². The van der Waals surface area contributed by atoms with Crippen molar-refractivity contribution in [3.05, 3.63) is 63.8 Å². The lowest BCUT2D eigenvalue weighted by Gasteiger charge is -2.23. The monoisotopic (exact) mass is 449 g/mol. The van der Waals surface area contributed by atoms with Crippen LogP contribution in [-0.2, 0) is 11.3 Å². The molecule has 1 heterocycles. The number of urea groups is 1. The molecule has 0 aliphatic rings. The molecule has 2 aromatic carbocycles. The number of fused-ring (bicyclic) bond motifs is 1. The van der Waals surface area contributed by atoms with Gasteiger partial charge in [0.1, 0.15) is 5.69 Å². The predicted octanol–water partition coefficient (Wildman–Crippen LogP) is 4.68. The van der Waals surface area contributed by atoms with Gasteiger partial charge >= 0.3 is 12.0 Å². The number of nitrogens with one attached hydrogen (secondary N) is 2. The standard InChI is InChI=1S/C21H21Cl2N3O4/c1-2-30-20(28)19-15(18-16(23)10-13(22)11-17(18)25-19)12-26(8-9-27)21(29)24-14-6-4-3-5-7-14/h3-7,10-11,25,27H,2,8-9,12H2,1H3,(H,24,29). The molecule has 7 nitrogen and oxygen atoms in total. The molecule has 1 aromatic heterocycles. The van der Waals surface area contributed by atoms with E-state index in [1.54, 1.807) is 43.3 Å². The molecule has 3 N–H and O–H groups in total. The highest BCUT2D eigenvalue weighted by molar-refractivity contribution is 6.39. The molecule has 0 aliphatic heterocycles. The summed E-state index contributed by atoms with van der Waals surface area (Å²) in [5.41, 5.74) is 1.84. The van der Waals surface area contributed by atoms with E-state index in [0.29, 0.717) is 32.2 Å². The average Bonchev–Trinajstić information content (AvgIpc) is 3.07. The van der Waals surface area contributed by atoms with Gasteiger partial charge in [0.15, 0.2) is 0 Å². The Labute approximate surface area is 183 Å². The minimum Gasteiger partial charge on any atom is -0.461 e. The van der Waals surface area contributed by atoms with Crippen LogP contribution < -0.4 is 5.32 Å². The van der Waals surface area contributed by atoms with Crippen molar-refractivity contribution in [1.29, 1.82) is 0 Å². The number of esters is 1. The Hall–Kier alpha value is -2.74. The zero-order valence-corrected chi connectivity index (χ0v) is 17.8. The van der Waals surface area contributed by atoms with Crippen LogP contribution in [-0.4, -0.2) is 46.7 Å². The maximum absolute atomic E-state index is 12.8. The first-order valence-electron chi connectivity index (χ1n) is 9.33. The first-order valence-corrected chi connectivity index (χ1v) is 10.1.